The minimum absolute atomic E-state index is 0.0816. The largest absolute Gasteiger partial charge is 0.326 e. The Hall–Kier alpha value is -3.69. The summed E-state index contributed by atoms with van der Waals surface area (Å²) in [5, 5.41) is 5.96. The summed E-state index contributed by atoms with van der Waals surface area (Å²) in [4.78, 5) is 42.5. The fourth-order valence-electron chi connectivity index (χ4n) is 3.30. The van der Waals surface area contributed by atoms with Crippen molar-refractivity contribution in [2.24, 2.45) is 0 Å². The number of benzene rings is 2. The predicted molar refractivity (Wildman–Crippen MR) is 140 cm³/mol. The van der Waals surface area contributed by atoms with Gasteiger partial charge in [0.2, 0.25) is 11.8 Å². The third kappa shape index (κ3) is 5.44. The van der Waals surface area contributed by atoms with Gasteiger partial charge in [-0.15, -0.1) is 17.9 Å². The number of thiophene rings is 1. The van der Waals surface area contributed by atoms with Crippen molar-refractivity contribution in [2.75, 3.05) is 16.4 Å². The van der Waals surface area contributed by atoms with Gasteiger partial charge in [-0.05, 0) is 35.9 Å². The lowest BCUT2D eigenvalue weighted by Gasteiger charge is -2.10. The number of aromatic nitrogens is 2. The molecule has 7 nitrogen and oxygen atoms in total. The van der Waals surface area contributed by atoms with Crippen LogP contribution in [0.25, 0.3) is 20.7 Å². The van der Waals surface area contributed by atoms with Crippen LogP contribution in [0.5, 0.6) is 0 Å². The molecule has 0 aliphatic rings. The highest BCUT2D eigenvalue weighted by molar-refractivity contribution is 7.99. The first kappa shape index (κ1) is 23.5. The van der Waals surface area contributed by atoms with Crippen molar-refractivity contribution >= 4 is 56.5 Å². The molecule has 172 valence electrons. The zero-order valence-corrected chi connectivity index (χ0v) is 20.0. The maximum atomic E-state index is 13.2. The minimum atomic E-state index is -0.230. The highest BCUT2D eigenvalue weighted by Gasteiger charge is 2.16. The molecular weight excluding hydrogens is 468 g/mol. The topological polar surface area (TPSA) is 93.1 Å². The number of nitrogens with one attached hydrogen (secondary N) is 2. The number of thioether (sulfide) groups is 1. The molecule has 0 saturated carbocycles. The number of hydrogen-bond donors (Lipinski definition) is 2. The zero-order chi connectivity index (χ0) is 24.1. The first-order chi connectivity index (χ1) is 16.4. The molecule has 0 bridgehead atoms. The van der Waals surface area contributed by atoms with E-state index in [1.165, 1.54) is 30.0 Å². The molecule has 0 aliphatic heterocycles. The van der Waals surface area contributed by atoms with Crippen molar-refractivity contribution in [2.45, 2.75) is 18.6 Å². The van der Waals surface area contributed by atoms with Crippen LogP contribution >= 0.6 is 23.1 Å². The van der Waals surface area contributed by atoms with Crippen molar-refractivity contribution in [1.29, 1.82) is 0 Å². The summed E-state index contributed by atoms with van der Waals surface area (Å²) < 4.78 is 2.12. The summed E-state index contributed by atoms with van der Waals surface area (Å²) in [6, 6.07) is 18.6. The molecule has 34 heavy (non-hydrogen) atoms. The summed E-state index contributed by atoms with van der Waals surface area (Å²) in [7, 11) is 0. The Balaban J connectivity index is 1.53. The fourth-order valence-corrected chi connectivity index (χ4v) is 5.16. The van der Waals surface area contributed by atoms with Gasteiger partial charge in [-0.25, -0.2) is 4.98 Å². The van der Waals surface area contributed by atoms with Crippen LogP contribution in [0, 0.1) is 0 Å². The van der Waals surface area contributed by atoms with E-state index in [2.05, 4.69) is 22.2 Å². The second kappa shape index (κ2) is 10.5. The Morgan fingerprint density at radius 2 is 1.76 bits per heavy atom. The molecule has 2 heterocycles. The molecule has 0 fully saturated rings. The molecular formula is C25H22N4O3S2. The lowest BCUT2D eigenvalue weighted by Crippen LogP contribution is -2.23. The molecule has 9 heteroatoms. The minimum Gasteiger partial charge on any atom is -0.326 e. The van der Waals surface area contributed by atoms with Crippen LogP contribution in [0.2, 0.25) is 0 Å². The van der Waals surface area contributed by atoms with Gasteiger partial charge in [-0.3, -0.25) is 19.0 Å². The summed E-state index contributed by atoms with van der Waals surface area (Å²) in [5.74, 6) is -0.310. The van der Waals surface area contributed by atoms with Crippen LogP contribution < -0.4 is 16.2 Å². The van der Waals surface area contributed by atoms with Crippen LogP contribution in [0.15, 0.2) is 83.3 Å². The van der Waals surface area contributed by atoms with E-state index in [1.807, 2.05) is 36.4 Å². The molecule has 2 aromatic carbocycles. The van der Waals surface area contributed by atoms with Gasteiger partial charge >= 0.3 is 0 Å². The first-order valence-electron chi connectivity index (χ1n) is 10.5. The van der Waals surface area contributed by atoms with Crippen LogP contribution in [-0.4, -0.2) is 27.1 Å². The van der Waals surface area contributed by atoms with Gasteiger partial charge in [0.15, 0.2) is 5.16 Å². The van der Waals surface area contributed by atoms with Gasteiger partial charge in [0.25, 0.3) is 5.56 Å². The van der Waals surface area contributed by atoms with Gasteiger partial charge < -0.3 is 10.6 Å². The third-order valence-electron chi connectivity index (χ3n) is 4.79. The number of nitrogens with zero attached hydrogens (tertiary/aromatic N) is 2. The first-order valence-corrected chi connectivity index (χ1v) is 12.3. The fraction of sp³-hybridized carbons (Fsp3) is 0.120. The molecule has 4 rings (SSSR count). The Kier molecular flexibility index (Phi) is 7.24. The number of rotatable bonds is 8. The molecule has 2 N–H and O–H groups in total. The number of fused-ring (bicyclic) bond motifs is 1. The molecule has 0 atom stereocenters. The smallest absolute Gasteiger partial charge is 0.272 e. The maximum Gasteiger partial charge on any atom is 0.272 e. The SMILES string of the molecule is C=CCn1c(SCC(=O)Nc2ccc(NC(C)=O)cc2)nc2cc(-c3ccccc3)sc2c1=O. The third-order valence-corrected chi connectivity index (χ3v) is 6.93. The number of amides is 2. The molecule has 2 amide bonds. The number of carbonyl (C=O) groups is 2. The zero-order valence-electron chi connectivity index (χ0n) is 18.4. The maximum absolute atomic E-state index is 13.2. The Morgan fingerprint density at radius 1 is 1.09 bits per heavy atom. The number of carbonyl (C=O) groups excluding carboxylic acids is 2. The van der Waals surface area contributed by atoms with Crippen molar-refractivity contribution < 1.29 is 9.59 Å². The number of allylic oxidation sites excluding steroid dienone is 1. The average molecular weight is 491 g/mol. The second-order valence-corrected chi connectivity index (χ2v) is 9.38. The Bertz CT molecular complexity index is 1410. The quantitative estimate of drug-likeness (QED) is 0.206. The van der Waals surface area contributed by atoms with E-state index in [0.29, 0.717) is 33.3 Å². The van der Waals surface area contributed by atoms with Gasteiger partial charge in [0.05, 0.1) is 11.3 Å². The van der Waals surface area contributed by atoms with E-state index in [4.69, 9.17) is 0 Å². The molecule has 0 aliphatic carbocycles. The van der Waals surface area contributed by atoms with Crippen molar-refractivity contribution in [3.8, 4) is 10.4 Å². The van der Waals surface area contributed by atoms with Crippen LogP contribution in [0.3, 0.4) is 0 Å². The van der Waals surface area contributed by atoms with Crippen LogP contribution in [0.4, 0.5) is 11.4 Å². The van der Waals surface area contributed by atoms with Crippen molar-refractivity contribution in [1.82, 2.24) is 9.55 Å². The summed E-state index contributed by atoms with van der Waals surface area (Å²) >= 11 is 2.61. The van der Waals surface area contributed by atoms with Crippen LogP contribution in [0.1, 0.15) is 6.92 Å². The highest BCUT2D eigenvalue weighted by atomic mass is 32.2. The van der Waals surface area contributed by atoms with Crippen molar-refractivity contribution in [3.63, 3.8) is 0 Å². The van der Waals surface area contributed by atoms with E-state index in [0.717, 1.165) is 10.4 Å². The summed E-state index contributed by atoms with van der Waals surface area (Å²) in [6.07, 6.45) is 1.64. The summed E-state index contributed by atoms with van der Waals surface area (Å²) in [5.41, 5.74) is 2.76. The van der Waals surface area contributed by atoms with Gasteiger partial charge in [0, 0.05) is 29.7 Å². The average Bonchev–Trinajstić information content (AvgIpc) is 3.26. The Morgan fingerprint density at radius 3 is 2.41 bits per heavy atom. The second-order valence-electron chi connectivity index (χ2n) is 7.39. The van der Waals surface area contributed by atoms with E-state index in [-0.39, 0.29) is 23.1 Å². The van der Waals surface area contributed by atoms with E-state index in [1.54, 1.807) is 34.9 Å². The van der Waals surface area contributed by atoms with E-state index < -0.39 is 0 Å². The molecule has 0 unspecified atom stereocenters. The molecule has 0 saturated heterocycles. The lowest BCUT2D eigenvalue weighted by molar-refractivity contribution is -0.114. The monoisotopic (exact) mass is 490 g/mol. The lowest BCUT2D eigenvalue weighted by atomic mass is 10.2. The highest BCUT2D eigenvalue weighted by Crippen LogP contribution is 2.32. The summed E-state index contributed by atoms with van der Waals surface area (Å²) in [6.45, 7) is 5.48. The normalized spacial score (nSPS) is 10.7. The molecule has 0 radical (unpaired) electrons. The Labute approximate surface area is 204 Å². The van der Waals surface area contributed by atoms with Gasteiger partial charge in [-0.1, -0.05) is 48.2 Å². The molecule has 4 aromatic rings. The number of hydrogen-bond acceptors (Lipinski definition) is 6. The number of anilines is 2. The standard InChI is InChI=1S/C25H22N4O3S2/c1-3-13-29-24(32)23-20(14-21(34-23)17-7-5-4-6-8-17)28-25(29)33-15-22(31)27-19-11-9-18(10-12-19)26-16(2)30/h3-12,14H,1,13,15H2,2H3,(H,26,30)(H,27,31). The van der Waals surface area contributed by atoms with E-state index >= 15 is 0 Å². The predicted octanol–water partition coefficient (Wildman–Crippen LogP) is 5.00. The molecule has 0 spiro atoms. The van der Waals surface area contributed by atoms with Crippen molar-refractivity contribution in [3.05, 3.63) is 83.7 Å². The van der Waals surface area contributed by atoms with E-state index in [9.17, 15) is 14.4 Å². The van der Waals surface area contributed by atoms with Crippen LogP contribution in [-0.2, 0) is 16.1 Å². The van der Waals surface area contributed by atoms with Gasteiger partial charge in [-0.2, -0.15) is 0 Å². The molecule has 2 aromatic heterocycles. The van der Waals surface area contributed by atoms with Gasteiger partial charge in [0.1, 0.15) is 4.70 Å².